The first-order chi connectivity index (χ1) is 23.5. The fourth-order valence-corrected chi connectivity index (χ4v) is 5.24. The molecule has 0 saturated heterocycles. The standard InChI is InChI=1S/C33H36ClF4N9O3/c1-32(2,3)12-13-40-30(39)46(29(48)20-7-5-19(6-8-20)23-11-14-45(4)44-23)25(17-50-31(49)43-26-16-33(26,37)38)21-9-10-22(34)24(15-21)47-28(27(35)36)41-18-42-47/h5-11,14-15,18,25-27H,12-13,16-17H2,1-4H3,(H2,39,40)(H,43,49)/t25-,26+/m1/s1. The van der Waals surface area contributed by atoms with Gasteiger partial charge in [-0.15, -0.1) is 0 Å². The molecule has 2 heterocycles. The Morgan fingerprint density at radius 1 is 1.16 bits per heavy atom. The lowest BCUT2D eigenvalue weighted by Crippen LogP contribution is -2.48. The Balaban J connectivity index is 1.55. The first-order valence-electron chi connectivity index (χ1n) is 15.6. The second kappa shape index (κ2) is 14.5. The lowest BCUT2D eigenvalue weighted by Gasteiger charge is -2.33. The van der Waals surface area contributed by atoms with E-state index in [1.165, 1.54) is 18.2 Å². The van der Waals surface area contributed by atoms with Crippen molar-refractivity contribution in [2.24, 2.45) is 12.5 Å². The molecule has 0 unspecified atom stereocenters. The summed E-state index contributed by atoms with van der Waals surface area (Å²) in [7, 11) is 1.77. The van der Waals surface area contributed by atoms with E-state index in [9.17, 15) is 27.2 Å². The Labute approximate surface area is 290 Å². The van der Waals surface area contributed by atoms with Crippen molar-refractivity contribution in [3.05, 3.63) is 83.0 Å². The summed E-state index contributed by atoms with van der Waals surface area (Å²) >= 11 is 6.42. The van der Waals surface area contributed by atoms with Crippen LogP contribution in [-0.2, 0) is 11.8 Å². The zero-order chi connectivity index (χ0) is 36.4. The van der Waals surface area contributed by atoms with Gasteiger partial charge in [-0.2, -0.15) is 10.2 Å². The minimum absolute atomic E-state index is 0.0101. The fourth-order valence-electron chi connectivity index (χ4n) is 5.04. The third-order valence-electron chi connectivity index (χ3n) is 7.92. The minimum Gasteiger partial charge on any atom is -0.447 e. The van der Waals surface area contributed by atoms with Gasteiger partial charge >= 0.3 is 6.09 Å². The number of rotatable bonds is 11. The van der Waals surface area contributed by atoms with Crippen LogP contribution in [0.15, 0.2) is 61.1 Å². The number of aryl methyl sites for hydroxylation is 1. The normalized spacial score (nSPS) is 15.8. The molecule has 0 aliphatic heterocycles. The number of nitrogens with one attached hydrogen (secondary N) is 3. The summed E-state index contributed by atoms with van der Waals surface area (Å²) in [4.78, 5) is 31.7. The summed E-state index contributed by atoms with van der Waals surface area (Å²) in [5.41, 5.74) is 1.60. The molecule has 2 amide bonds. The van der Waals surface area contributed by atoms with Crippen molar-refractivity contribution in [3.63, 3.8) is 0 Å². The van der Waals surface area contributed by atoms with Gasteiger partial charge in [-0.05, 0) is 47.7 Å². The molecule has 2 atom stereocenters. The van der Waals surface area contributed by atoms with Gasteiger partial charge < -0.3 is 15.4 Å². The highest BCUT2D eigenvalue weighted by Gasteiger charge is 2.58. The summed E-state index contributed by atoms with van der Waals surface area (Å²) in [6.45, 7) is 5.70. The number of aromatic nitrogens is 5. The van der Waals surface area contributed by atoms with Crippen LogP contribution in [0.2, 0.25) is 5.02 Å². The van der Waals surface area contributed by atoms with Crippen molar-refractivity contribution in [2.75, 3.05) is 13.2 Å². The second-order valence-corrected chi connectivity index (χ2v) is 13.4. The van der Waals surface area contributed by atoms with Crippen LogP contribution in [0.25, 0.3) is 16.9 Å². The number of amides is 2. The van der Waals surface area contributed by atoms with Gasteiger partial charge in [-0.1, -0.05) is 50.6 Å². The van der Waals surface area contributed by atoms with Crippen LogP contribution in [0.5, 0.6) is 0 Å². The summed E-state index contributed by atoms with van der Waals surface area (Å²) in [5, 5.41) is 22.4. The Hall–Kier alpha value is -4.99. The van der Waals surface area contributed by atoms with E-state index in [-0.39, 0.29) is 39.8 Å². The number of nitrogens with zero attached hydrogens (tertiary/aromatic N) is 6. The quantitative estimate of drug-likeness (QED) is 0.0909. The number of alkyl carbamates (subject to hydrolysis) is 1. The van der Waals surface area contributed by atoms with E-state index in [0.717, 1.165) is 21.5 Å². The van der Waals surface area contributed by atoms with Gasteiger partial charge in [0, 0.05) is 37.3 Å². The predicted octanol–water partition coefficient (Wildman–Crippen LogP) is 6.54. The highest BCUT2D eigenvalue weighted by molar-refractivity contribution is 6.32. The van der Waals surface area contributed by atoms with Crippen molar-refractivity contribution >= 4 is 29.6 Å². The first kappa shape index (κ1) is 36.3. The monoisotopic (exact) mass is 717 g/mol. The number of carbonyl (C=O) groups excluding carboxylic acids is 2. The molecule has 266 valence electrons. The molecule has 1 aliphatic carbocycles. The zero-order valence-corrected chi connectivity index (χ0v) is 28.4. The van der Waals surface area contributed by atoms with Crippen molar-refractivity contribution in [2.45, 2.75) is 58.0 Å². The van der Waals surface area contributed by atoms with E-state index in [1.807, 2.05) is 20.8 Å². The van der Waals surface area contributed by atoms with E-state index in [1.54, 1.807) is 48.3 Å². The number of halogens is 5. The number of hydrogen-bond acceptors (Lipinski definition) is 7. The van der Waals surface area contributed by atoms with Crippen LogP contribution in [0.4, 0.5) is 22.4 Å². The molecule has 3 N–H and O–H groups in total. The summed E-state index contributed by atoms with van der Waals surface area (Å²) in [5.74, 6) is -4.80. The van der Waals surface area contributed by atoms with Crippen molar-refractivity contribution in [1.29, 1.82) is 5.41 Å². The molecule has 1 saturated carbocycles. The van der Waals surface area contributed by atoms with Gasteiger partial charge in [0.05, 0.1) is 22.4 Å². The maximum Gasteiger partial charge on any atom is 0.407 e. The molecule has 1 fully saturated rings. The molecular weight excluding hydrogens is 682 g/mol. The molecule has 50 heavy (non-hydrogen) atoms. The van der Waals surface area contributed by atoms with E-state index in [2.05, 4.69) is 25.8 Å². The SMILES string of the molecule is Cn1ccc(-c2ccc(C(=O)N(C(=N)NCCC(C)(C)C)[C@H](COC(=O)N[C@H]3CC3(F)F)c3ccc(Cl)c(-n4ncnc4C(F)F)c3)cc2)n1. The van der Waals surface area contributed by atoms with Gasteiger partial charge in [0.25, 0.3) is 18.3 Å². The maximum atomic E-state index is 14.4. The van der Waals surface area contributed by atoms with Gasteiger partial charge in [-0.3, -0.25) is 19.8 Å². The Morgan fingerprint density at radius 2 is 1.86 bits per heavy atom. The highest BCUT2D eigenvalue weighted by atomic mass is 35.5. The number of ether oxygens (including phenoxy) is 1. The van der Waals surface area contributed by atoms with E-state index in [0.29, 0.717) is 12.1 Å². The van der Waals surface area contributed by atoms with Gasteiger partial charge in [0.15, 0.2) is 11.8 Å². The second-order valence-electron chi connectivity index (χ2n) is 13.0. The number of carbonyl (C=O) groups is 2. The average molecular weight is 718 g/mol. The zero-order valence-electron chi connectivity index (χ0n) is 27.6. The smallest absolute Gasteiger partial charge is 0.407 e. The van der Waals surface area contributed by atoms with Crippen LogP contribution in [0.3, 0.4) is 0 Å². The topological polar surface area (TPSA) is 143 Å². The summed E-state index contributed by atoms with van der Waals surface area (Å²) in [6.07, 6.45) is -1.39. The molecule has 1 aliphatic rings. The van der Waals surface area contributed by atoms with E-state index >= 15 is 0 Å². The van der Waals surface area contributed by atoms with Crippen molar-refractivity contribution in [1.82, 2.24) is 40.1 Å². The molecule has 4 aromatic rings. The van der Waals surface area contributed by atoms with Gasteiger partial charge in [0.1, 0.15) is 19.0 Å². The predicted molar refractivity (Wildman–Crippen MR) is 177 cm³/mol. The van der Waals surface area contributed by atoms with Gasteiger partial charge in [0.2, 0.25) is 0 Å². The number of benzene rings is 2. The van der Waals surface area contributed by atoms with Crippen molar-refractivity contribution in [3.8, 4) is 16.9 Å². The van der Waals surface area contributed by atoms with E-state index in [4.69, 9.17) is 21.7 Å². The Morgan fingerprint density at radius 3 is 2.46 bits per heavy atom. The molecule has 12 nitrogen and oxygen atoms in total. The molecule has 2 aromatic heterocycles. The molecule has 0 radical (unpaired) electrons. The Bertz CT molecular complexity index is 1860. The number of guanidine groups is 1. The molecular formula is C33H36ClF4N9O3. The van der Waals surface area contributed by atoms with Crippen LogP contribution in [0, 0.1) is 10.8 Å². The maximum absolute atomic E-state index is 14.4. The van der Waals surface area contributed by atoms with E-state index < -0.39 is 55.3 Å². The Kier molecular flexibility index (Phi) is 10.5. The minimum atomic E-state index is -3.06. The molecule has 2 aromatic carbocycles. The molecule has 17 heteroatoms. The largest absolute Gasteiger partial charge is 0.447 e. The number of hydrogen-bond donors (Lipinski definition) is 3. The van der Waals surface area contributed by atoms with Crippen LogP contribution in [-0.4, -0.2) is 72.5 Å². The summed E-state index contributed by atoms with van der Waals surface area (Å²) < 4.78 is 62.6. The van der Waals surface area contributed by atoms with Crippen LogP contribution < -0.4 is 10.6 Å². The fraction of sp³-hybridized carbons (Fsp3) is 0.394. The molecule has 0 spiro atoms. The van der Waals surface area contributed by atoms with Gasteiger partial charge in [-0.25, -0.2) is 32.0 Å². The van der Waals surface area contributed by atoms with Crippen molar-refractivity contribution < 1.29 is 31.9 Å². The highest BCUT2D eigenvalue weighted by Crippen LogP contribution is 2.41. The average Bonchev–Trinajstić information content (AvgIpc) is 3.40. The summed E-state index contributed by atoms with van der Waals surface area (Å²) in [6, 6.07) is 9.82. The lowest BCUT2D eigenvalue weighted by atomic mass is 9.92. The molecule has 5 rings (SSSR count). The third kappa shape index (κ3) is 8.59. The first-order valence-corrected chi connectivity index (χ1v) is 16.0. The van der Waals surface area contributed by atoms with Crippen LogP contribution >= 0.6 is 11.6 Å². The molecule has 0 bridgehead atoms. The third-order valence-corrected chi connectivity index (χ3v) is 8.24. The van der Waals surface area contributed by atoms with Crippen LogP contribution in [0.1, 0.15) is 67.8 Å². The number of alkyl halides is 4. The lowest BCUT2D eigenvalue weighted by molar-refractivity contribution is 0.0681.